The van der Waals surface area contributed by atoms with Crippen molar-refractivity contribution in [3.63, 3.8) is 0 Å². The van der Waals surface area contributed by atoms with Crippen LogP contribution >= 0.6 is 15.9 Å². The van der Waals surface area contributed by atoms with Crippen molar-refractivity contribution in [2.75, 3.05) is 11.5 Å². The predicted molar refractivity (Wildman–Crippen MR) is 121 cm³/mol. The molecule has 2 aromatic carbocycles. The van der Waals surface area contributed by atoms with Crippen LogP contribution in [0.3, 0.4) is 0 Å². The van der Waals surface area contributed by atoms with Gasteiger partial charge in [0.05, 0.1) is 18.4 Å². The summed E-state index contributed by atoms with van der Waals surface area (Å²) in [4.78, 5) is 39.0. The highest BCUT2D eigenvalue weighted by Crippen LogP contribution is 2.31. The van der Waals surface area contributed by atoms with Gasteiger partial charge >= 0.3 is 6.03 Å². The average Bonchev–Trinajstić information content (AvgIpc) is 2.68. The fourth-order valence-electron chi connectivity index (χ4n) is 3.15. The van der Waals surface area contributed by atoms with Crippen molar-refractivity contribution in [1.29, 1.82) is 0 Å². The Morgan fingerprint density at radius 3 is 2.48 bits per heavy atom. The lowest BCUT2D eigenvalue weighted by atomic mass is 10.1. The number of nitrogens with one attached hydrogen (secondary N) is 1. The maximum atomic E-state index is 13.1. The van der Waals surface area contributed by atoms with Gasteiger partial charge in [-0.2, -0.15) is 0 Å². The molecule has 162 valence electrons. The summed E-state index contributed by atoms with van der Waals surface area (Å²) in [6, 6.07) is 9.52. The number of benzene rings is 2. The van der Waals surface area contributed by atoms with Crippen molar-refractivity contribution < 1.29 is 23.9 Å². The zero-order valence-electron chi connectivity index (χ0n) is 17.7. The standard InChI is InChI=1S/C23H23BrN2O5/c1-5-30-20-12-15(6-9-19(20)31-13(2)3)11-17-21(27)25-23(29)26(22(17)28)18-8-7-16(24)10-14(18)4/h6-13H,5H2,1-4H3,(H,25,27,29)/b17-11-. The summed E-state index contributed by atoms with van der Waals surface area (Å²) >= 11 is 3.36. The molecule has 8 heteroatoms. The van der Waals surface area contributed by atoms with Gasteiger partial charge in [-0.05, 0) is 75.2 Å². The van der Waals surface area contributed by atoms with Crippen LogP contribution in [-0.4, -0.2) is 30.6 Å². The minimum absolute atomic E-state index is 0.0390. The van der Waals surface area contributed by atoms with Gasteiger partial charge < -0.3 is 9.47 Å². The Bertz CT molecular complexity index is 1080. The highest BCUT2D eigenvalue weighted by atomic mass is 79.9. The summed E-state index contributed by atoms with van der Waals surface area (Å²) in [5, 5.41) is 2.24. The molecule has 0 atom stereocenters. The van der Waals surface area contributed by atoms with Gasteiger partial charge in [-0.15, -0.1) is 0 Å². The largest absolute Gasteiger partial charge is 0.490 e. The van der Waals surface area contributed by atoms with Crippen molar-refractivity contribution in [3.8, 4) is 11.5 Å². The number of anilines is 1. The maximum absolute atomic E-state index is 13.1. The van der Waals surface area contributed by atoms with Crippen LogP contribution in [0.15, 0.2) is 46.4 Å². The topological polar surface area (TPSA) is 84.9 Å². The van der Waals surface area contributed by atoms with Crippen LogP contribution in [0.5, 0.6) is 11.5 Å². The number of barbiturate groups is 1. The van der Waals surface area contributed by atoms with Gasteiger partial charge in [0.25, 0.3) is 11.8 Å². The summed E-state index contributed by atoms with van der Waals surface area (Å²) in [6.45, 7) is 7.88. The van der Waals surface area contributed by atoms with E-state index in [1.165, 1.54) is 6.08 Å². The van der Waals surface area contributed by atoms with E-state index in [1.807, 2.05) is 20.8 Å². The lowest BCUT2D eigenvalue weighted by Crippen LogP contribution is -2.54. The third-order valence-corrected chi connectivity index (χ3v) is 4.94. The molecule has 0 aliphatic carbocycles. The number of hydrogen-bond donors (Lipinski definition) is 1. The molecule has 0 spiro atoms. The Labute approximate surface area is 189 Å². The number of imide groups is 2. The molecule has 31 heavy (non-hydrogen) atoms. The van der Waals surface area contributed by atoms with E-state index in [2.05, 4.69) is 21.2 Å². The fourth-order valence-corrected chi connectivity index (χ4v) is 3.62. The Kier molecular flexibility index (Phi) is 6.80. The molecule has 2 aromatic rings. The van der Waals surface area contributed by atoms with Crippen LogP contribution in [0.25, 0.3) is 6.08 Å². The molecule has 1 fully saturated rings. The Morgan fingerprint density at radius 2 is 1.84 bits per heavy atom. The summed E-state index contributed by atoms with van der Waals surface area (Å²) in [5.74, 6) is -0.368. The van der Waals surface area contributed by atoms with Crippen molar-refractivity contribution in [3.05, 3.63) is 57.6 Å². The molecule has 3 rings (SSSR count). The van der Waals surface area contributed by atoms with Gasteiger partial charge in [-0.1, -0.05) is 22.0 Å². The maximum Gasteiger partial charge on any atom is 0.335 e. The number of amides is 4. The Morgan fingerprint density at radius 1 is 1.10 bits per heavy atom. The number of nitrogens with zero attached hydrogens (tertiary/aromatic N) is 1. The van der Waals surface area contributed by atoms with Gasteiger partial charge in [-0.25, -0.2) is 9.69 Å². The van der Waals surface area contributed by atoms with Crippen molar-refractivity contribution in [2.24, 2.45) is 0 Å². The summed E-state index contributed by atoms with van der Waals surface area (Å²) in [6.07, 6.45) is 1.40. The molecule has 1 aliphatic rings. The predicted octanol–water partition coefficient (Wildman–Crippen LogP) is 4.61. The van der Waals surface area contributed by atoms with Crippen molar-refractivity contribution in [2.45, 2.75) is 33.8 Å². The molecule has 4 amide bonds. The first-order chi connectivity index (χ1) is 14.7. The fraction of sp³-hybridized carbons (Fsp3) is 0.261. The quantitative estimate of drug-likeness (QED) is 0.475. The number of carbonyl (C=O) groups is 3. The number of aryl methyl sites for hydroxylation is 1. The van der Waals surface area contributed by atoms with Gasteiger partial charge in [0.1, 0.15) is 5.57 Å². The first kappa shape index (κ1) is 22.6. The van der Waals surface area contributed by atoms with E-state index >= 15 is 0 Å². The zero-order chi connectivity index (χ0) is 22.7. The van der Waals surface area contributed by atoms with Crippen LogP contribution in [0, 0.1) is 6.92 Å². The number of ether oxygens (including phenoxy) is 2. The van der Waals surface area contributed by atoms with Gasteiger partial charge in [0.15, 0.2) is 11.5 Å². The van der Waals surface area contributed by atoms with Gasteiger partial charge in [-0.3, -0.25) is 14.9 Å². The normalized spacial score (nSPS) is 15.5. The monoisotopic (exact) mass is 486 g/mol. The first-order valence-electron chi connectivity index (χ1n) is 9.82. The second-order valence-electron chi connectivity index (χ2n) is 7.19. The second-order valence-corrected chi connectivity index (χ2v) is 8.11. The summed E-state index contributed by atoms with van der Waals surface area (Å²) < 4.78 is 12.2. The molecular weight excluding hydrogens is 464 g/mol. The number of urea groups is 1. The molecule has 0 unspecified atom stereocenters. The lowest BCUT2D eigenvalue weighted by Gasteiger charge is -2.27. The van der Waals surface area contributed by atoms with Crippen LogP contribution in [0.1, 0.15) is 31.9 Å². The molecule has 1 N–H and O–H groups in total. The molecule has 0 bridgehead atoms. The number of rotatable bonds is 6. The lowest BCUT2D eigenvalue weighted by molar-refractivity contribution is -0.122. The van der Waals surface area contributed by atoms with Crippen molar-refractivity contribution >= 4 is 45.5 Å². The molecule has 0 saturated carbocycles. The molecular formula is C23H23BrN2O5. The molecule has 1 aliphatic heterocycles. The summed E-state index contributed by atoms with van der Waals surface area (Å²) in [7, 11) is 0. The van der Waals surface area contributed by atoms with Gasteiger partial charge in [0.2, 0.25) is 0 Å². The van der Waals surface area contributed by atoms with E-state index in [0.29, 0.717) is 34.9 Å². The average molecular weight is 487 g/mol. The number of hydrogen-bond acceptors (Lipinski definition) is 5. The van der Waals surface area contributed by atoms with Crippen LogP contribution < -0.4 is 19.7 Å². The smallest absolute Gasteiger partial charge is 0.335 e. The molecule has 0 radical (unpaired) electrons. The van der Waals surface area contributed by atoms with E-state index < -0.39 is 17.8 Å². The van der Waals surface area contributed by atoms with E-state index in [1.54, 1.807) is 43.3 Å². The van der Waals surface area contributed by atoms with E-state index in [9.17, 15) is 14.4 Å². The first-order valence-corrected chi connectivity index (χ1v) is 10.6. The van der Waals surface area contributed by atoms with Crippen LogP contribution in [0.2, 0.25) is 0 Å². The molecule has 1 heterocycles. The van der Waals surface area contributed by atoms with E-state index in [-0.39, 0.29) is 11.7 Å². The molecule has 1 saturated heterocycles. The molecule has 7 nitrogen and oxygen atoms in total. The minimum Gasteiger partial charge on any atom is -0.490 e. The zero-order valence-corrected chi connectivity index (χ0v) is 19.3. The van der Waals surface area contributed by atoms with Crippen LogP contribution in [0.4, 0.5) is 10.5 Å². The number of halogens is 1. The van der Waals surface area contributed by atoms with Crippen LogP contribution in [-0.2, 0) is 9.59 Å². The Hall–Kier alpha value is -3.13. The van der Waals surface area contributed by atoms with E-state index in [0.717, 1.165) is 9.37 Å². The second kappa shape index (κ2) is 9.34. The van der Waals surface area contributed by atoms with Gasteiger partial charge in [0, 0.05) is 4.47 Å². The SMILES string of the molecule is CCOc1cc(/C=C2/C(=O)NC(=O)N(c3ccc(Br)cc3C)C2=O)ccc1OC(C)C. The third-order valence-electron chi connectivity index (χ3n) is 4.44. The minimum atomic E-state index is -0.784. The molecule has 0 aromatic heterocycles. The van der Waals surface area contributed by atoms with E-state index in [4.69, 9.17) is 9.47 Å². The number of carbonyl (C=O) groups excluding carboxylic acids is 3. The highest BCUT2D eigenvalue weighted by molar-refractivity contribution is 9.10. The Balaban J connectivity index is 2.00. The van der Waals surface area contributed by atoms with Crippen molar-refractivity contribution in [1.82, 2.24) is 5.32 Å². The highest BCUT2D eigenvalue weighted by Gasteiger charge is 2.37. The summed E-state index contributed by atoms with van der Waals surface area (Å²) in [5.41, 5.74) is 1.53. The third kappa shape index (κ3) is 4.96.